The van der Waals surface area contributed by atoms with E-state index in [0.717, 1.165) is 16.5 Å². The van der Waals surface area contributed by atoms with Gasteiger partial charge in [0.15, 0.2) is 0 Å². The second-order valence-electron chi connectivity index (χ2n) is 4.62. The van der Waals surface area contributed by atoms with Crippen molar-refractivity contribution in [1.82, 2.24) is 0 Å². The summed E-state index contributed by atoms with van der Waals surface area (Å²) in [4.78, 5) is 0. The average Bonchev–Trinajstić information content (AvgIpc) is 2.19. The van der Waals surface area contributed by atoms with Crippen LogP contribution in [0, 0.1) is 0 Å². The van der Waals surface area contributed by atoms with Crippen molar-refractivity contribution in [3.63, 3.8) is 0 Å². The predicted octanol–water partition coefficient (Wildman–Crippen LogP) is 3.52. The standard InChI is InChI=1S/C10H18Ge.BF4/c1-6-7(2)9(4)10(5,11)8(6)3;2-1(3,4)5/h1-5,11H3;/q;-1. The summed E-state index contributed by atoms with van der Waals surface area (Å²) in [6.07, 6.45) is 0. The van der Waals surface area contributed by atoms with E-state index < -0.39 is 7.25 Å². The molecule has 0 aromatic heterocycles. The molecule has 0 bridgehead atoms. The van der Waals surface area contributed by atoms with Gasteiger partial charge in [0.1, 0.15) is 0 Å². The van der Waals surface area contributed by atoms with Crippen LogP contribution in [0.25, 0.3) is 0 Å². The summed E-state index contributed by atoms with van der Waals surface area (Å²) in [5, 5.41) is 0. The SMILES string of the molecule is CC1=C(C)[C](C)([GeH3])C(C)=C1C.F[B-](F)(F)F. The first-order chi connectivity index (χ1) is 6.89. The van der Waals surface area contributed by atoms with Gasteiger partial charge in [-0.05, 0) is 0 Å². The van der Waals surface area contributed by atoms with E-state index in [1.807, 2.05) is 0 Å². The Kier molecular flexibility index (Phi) is 4.92. The molecule has 0 heterocycles. The number of allylic oxidation sites excluding steroid dienone is 4. The molecule has 6 heteroatoms. The van der Waals surface area contributed by atoms with E-state index in [1.165, 1.54) is 11.1 Å². The van der Waals surface area contributed by atoms with Crippen molar-refractivity contribution in [1.29, 1.82) is 0 Å². The first-order valence-corrected chi connectivity index (χ1v) is 7.22. The van der Waals surface area contributed by atoms with Gasteiger partial charge in [0.05, 0.1) is 0 Å². The number of rotatable bonds is 0. The molecule has 0 saturated carbocycles. The van der Waals surface area contributed by atoms with Gasteiger partial charge in [0, 0.05) is 0 Å². The molecule has 0 unspecified atom stereocenters. The Hall–Kier alpha value is -0.192. The maximum atomic E-state index is 9.75. The van der Waals surface area contributed by atoms with E-state index in [4.69, 9.17) is 0 Å². The maximum absolute atomic E-state index is 9.75. The predicted molar refractivity (Wildman–Crippen MR) is 65.2 cm³/mol. The second kappa shape index (κ2) is 4.98. The minimum atomic E-state index is -6.00. The minimum absolute atomic E-state index is 0.501. The molecule has 16 heavy (non-hydrogen) atoms. The Balaban J connectivity index is 0.000000385. The molecule has 0 fully saturated rings. The maximum Gasteiger partial charge on any atom is 0.673 e. The topological polar surface area (TPSA) is 0 Å². The van der Waals surface area contributed by atoms with Crippen molar-refractivity contribution < 1.29 is 17.3 Å². The second-order valence-corrected chi connectivity index (χ2v) is 8.82. The molecule has 0 radical (unpaired) electrons. The number of hydrogen-bond acceptors (Lipinski definition) is 0. The zero-order valence-electron chi connectivity index (χ0n) is 10.6. The molecule has 0 aliphatic heterocycles. The summed E-state index contributed by atoms with van der Waals surface area (Å²) in [6.45, 7) is 11.5. The van der Waals surface area contributed by atoms with E-state index >= 15 is 0 Å². The Labute approximate surface area is 103 Å². The van der Waals surface area contributed by atoms with Crippen LogP contribution >= 0.6 is 0 Å². The summed E-state index contributed by atoms with van der Waals surface area (Å²) < 4.78 is 39.5. The van der Waals surface area contributed by atoms with Gasteiger partial charge in [0.2, 0.25) is 0 Å². The van der Waals surface area contributed by atoms with Crippen LogP contribution < -0.4 is 0 Å². The van der Waals surface area contributed by atoms with Crippen LogP contribution in [0.2, 0.25) is 4.25 Å². The van der Waals surface area contributed by atoms with E-state index in [-0.39, 0.29) is 0 Å². The number of hydrogen-bond donors (Lipinski definition) is 0. The van der Waals surface area contributed by atoms with Crippen molar-refractivity contribution in [2.75, 3.05) is 0 Å². The zero-order valence-corrected chi connectivity index (χ0v) is 14.8. The van der Waals surface area contributed by atoms with Crippen LogP contribution in [-0.4, -0.2) is 23.8 Å². The van der Waals surface area contributed by atoms with Crippen molar-refractivity contribution in [3.05, 3.63) is 22.3 Å². The first kappa shape index (κ1) is 15.8. The Morgan fingerprint density at radius 1 is 0.875 bits per heavy atom. The van der Waals surface area contributed by atoms with E-state index in [0.29, 0.717) is 4.25 Å². The third-order valence-electron chi connectivity index (χ3n) is 3.56. The molecule has 0 aromatic carbocycles. The number of halogens is 4. The van der Waals surface area contributed by atoms with Crippen LogP contribution in [-0.2, 0) is 0 Å². The first-order valence-electron chi connectivity index (χ1n) is 5.12. The largest absolute Gasteiger partial charge is 0.673 e. The Morgan fingerprint density at radius 2 is 1.06 bits per heavy atom. The molecular weight excluding hydrogens is 280 g/mol. The van der Waals surface area contributed by atoms with E-state index in [2.05, 4.69) is 34.6 Å². The van der Waals surface area contributed by atoms with Crippen molar-refractivity contribution >= 4 is 23.8 Å². The monoisotopic (exact) mass is 299 g/mol. The molecule has 0 spiro atoms. The van der Waals surface area contributed by atoms with Gasteiger partial charge in [-0.1, -0.05) is 0 Å². The molecule has 1 aliphatic carbocycles. The average molecular weight is 298 g/mol. The molecular formula is C10H18BF4Ge-. The molecule has 0 amide bonds. The van der Waals surface area contributed by atoms with Crippen molar-refractivity contribution in [2.24, 2.45) is 0 Å². The molecule has 0 saturated heterocycles. The van der Waals surface area contributed by atoms with Crippen LogP contribution in [0.3, 0.4) is 0 Å². The normalized spacial score (nSPS) is 20.1. The summed E-state index contributed by atoms with van der Waals surface area (Å²) in [5.74, 6) is 0. The summed E-state index contributed by atoms with van der Waals surface area (Å²) in [7, 11) is -6.00. The minimum Gasteiger partial charge on any atom is -0.418 e. The quantitative estimate of drug-likeness (QED) is 0.474. The van der Waals surface area contributed by atoms with E-state index in [9.17, 15) is 17.3 Å². The fourth-order valence-electron chi connectivity index (χ4n) is 1.78. The van der Waals surface area contributed by atoms with Crippen LogP contribution in [0.4, 0.5) is 17.3 Å². The van der Waals surface area contributed by atoms with Crippen molar-refractivity contribution in [3.8, 4) is 0 Å². The third kappa shape index (κ3) is 4.00. The van der Waals surface area contributed by atoms with Gasteiger partial charge < -0.3 is 17.3 Å². The summed E-state index contributed by atoms with van der Waals surface area (Å²) in [6, 6.07) is 0. The van der Waals surface area contributed by atoms with Crippen LogP contribution in [0.1, 0.15) is 34.6 Å². The molecule has 1 aliphatic rings. The van der Waals surface area contributed by atoms with Crippen molar-refractivity contribution in [2.45, 2.75) is 38.9 Å². The van der Waals surface area contributed by atoms with Gasteiger partial charge in [-0.3, -0.25) is 0 Å². The summed E-state index contributed by atoms with van der Waals surface area (Å²) in [5.41, 5.74) is 6.32. The van der Waals surface area contributed by atoms with Crippen LogP contribution in [0.15, 0.2) is 22.3 Å². The fourth-order valence-corrected chi connectivity index (χ4v) is 3.35. The molecule has 0 aromatic rings. The molecule has 0 nitrogen and oxygen atoms in total. The fraction of sp³-hybridized carbons (Fsp3) is 0.600. The van der Waals surface area contributed by atoms with E-state index in [1.54, 1.807) is 11.1 Å². The molecule has 0 N–H and O–H groups in total. The zero-order chi connectivity index (χ0) is 13.3. The molecule has 1 rings (SSSR count). The summed E-state index contributed by atoms with van der Waals surface area (Å²) >= 11 is 0.868. The van der Waals surface area contributed by atoms with Gasteiger partial charge in [-0.15, -0.1) is 0 Å². The molecule has 94 valence electrons. The third-order valence-corrected chi connectivity index (χ3v) is 6.71. The van der Waals surface area contributed by atoms with Gasteiger partial charge in [-0.25, -0.2) is 0 Å². The molecule has 0 atom stereocenters. The van der Waals surface area contributed by atoms with Gasteiger partial charge >= 0.3 is 84.9 Å². The Bertz CT molecular complexity index is 307. The Morgan fingerprint density at radius 3 is 1.12 bits per heavy atom. The van der Waals surface area contributed by atoms with Crippen LogP contribution in [0.5, 0.6) is 0 Å². The van der Waals surface area contributed by atoms with Gasteiger partial charge in [0.25, 0.3) is 0 Å². The van der Waals surface area contributed by atoms with Gasteiger partial charge in [-0.2, -0.15) is 0 Å². The smallest absolute Gasteiger partial charge is 0.418 e.